The van der Waals surface area contributed by atoms with Crippen LogP contribution in [0.2, 0.25) is 0 Å². The van der Waals surface area contributed by atoms with Crippen molar-refractivity contribution < 1.29 is 9.59 Å². The summed E-state index contributed by atoms with van der Waals surface area (Å²) in [7, 11) is 0. The largest absolute Gasteiger partial charge is 0.281 e. The summed E-state index contributed by atoms with van der Waals surface area (Å²) in [4.78, 5) is 24.9. The second-order valence-corrected chi connectivity index (χ2v) is 6.07. The number of carbonyl (C=O) groups excluding carboxylic acids is 2. The first-order valence-electron chi connectivity index (χ1n) is 8.18. The van der Waals surface area contributed by atoms with Crippen LogP contribution < -0.4 is 0 Å². The normalized spacial score (nSPS) is 9.67. The van der Waals surface area contributed by atoms with Crippen LogP contribution in [0.1, 0.15) is 41.8 Å². The molecule has 0 N–H and O–H groups in total. The van der Waals surface area contributed by atoms with Crippen LogP contribution in [0.3, 0.4) is 0 Å². The minimum atomic E-state index is -0.234. The quantitative estimate of drug-likeness (QED) is 0.650. The Morgan fingerprint density at radius 1 is 1.12 bits per heavy atom. The van der Waals surface area contributed by atoms with Gasteiger partial charge >= 0.3 is 0 Å². The number of rotatable bonds is 6. The number of halogens is 1. The molecule has 4 heteroatoms. The van der Waals surface area contributed by atoms with Crippen LogP contribution in [-0.4, -0.2) is 23.8 Å². The first kappa shape index (κ1) is 20.1. The molecule has 2 rings (SSSR count). The van der Waals surface area contributed by atoms with Gasteiger partial charge in [0.1, 0.15) is 0 Å². The molecule has 0 fully saturated rings. The fourth-order valence-corrected chi connectivity index (χ4v) is 2.76. The lowest BCUT2D eigenvalue weighted by Gasteiger charge is -2.16. The summed E-state index contributed by atoms with van der Waals surface area (Å²) in [5.41, 5.74) is 2.65. The molecule has 24 heavy (non-hydrogen) atoms. The highest BCUT2D eigenvalue weighted by molar-refractivity contribution is 9.10. The van der Waals surface area contributed by atoms with Crippen molar-refractivity contribution in [3.8, 4) is 0 Å². The monoisotopic (exact) mass is 389 g/mol. The number of benzene rings is 2. The van der Waals surface area contributed by atoms with E-state index < -0.39 is 0 Å². The van der Waals surface area contributed by atoms with Gasteiger partial charge in [-0.2, -0.15) is 0 Å². The molecule has 2 amide bonds. The maximum Gasteiger partial charge on any atom is 0.260 e. The number of hydrogen-bond donors (Lipinski definition) is 0. The van der Waals surface area contributed by atoms with E-state index in [4.69, 9.17) is 0 Å². The van der Waals surface area contributed by atoms with Crippen LogP contribution in [0.4, 0.5) is 0 Å². The summed E-state index contributed by atoms with van der Waals surface area (Å²) in [5.74, 6) is -0.234. The summed E-state index contributed by atoms with van der Waals surface area (Å²) in [5, 5.41) is 0. The Hall–Kier alpha value is -1.94. The van der Waals surface area contributed by atoms with E-state index in [-0.39, 0.29) is 5.91 Å². The SMILES string of the molecule is CC.Cc1ccccc1C(=O)N(C=O)CCCc1cccc(Br)c1. The van der Waals surface area contributed by atoms with E-state index in [1.807, 2.05) is 57.2 Å². The highest BCUT2D eigenvalue weighted by Gasteiger charge is 2.16. The summed E-state index contributed by atoms with van der Waals surface area (Å²) in [6.07, 6.45) is 2.19. The predicted octanol–water partition coefficient (Wildman–Crippen LogP) is 5.02. The molecule has 0 aliphatic heterocycles. The van der Waals surface area contributed by atoms with Crippen molar-refractivity contribution in [3.05, 3.63) is 69.7 Å². The third kappa shape index (κ3) is 5.93. The second kappa shape index (κ2) is 10.8. The minimum Gasteiger partial charge on any atom is -0.281 e. The molecule has 0 radical (unpaired) electrons. The first-order chi connectivity index (χ1) is 11.6. The van der Waals surface area contributed by atoms with Gasteiger partial charge < -0.3 is 0 Å². The van der Waals surface area contributed by atoms with Gasteiger partial charge in [0.15, 0.2) is 0 Å². The standard InChI is InChI=1S/C18H18BrNO2.C2H6/c1-14-6-2-3-10-17(14)18(22)20(13-21)11-5-8-15-7-4-9-16(19)12-15;1-2/h2-4,6-7,9-10,12-13H,5,8,11H2,1H3;1-2H3. The fraction of sp³-hybridized carbons (Fsp3) is 0.300. The average Bonchev–Trinajstić information content (AvgIpc) is 2.60. The van der Waals surface area contributed by atoms with Crippen LogP contribution in [0.15, 0.2) is 53.0 Å². The molecule has 0 saturated carbocycles. The maximum absolute atomic E-state index is 12.4. The highest BCUT2D eigenvalue weighted by Crippen LogP contribution is 2.14. The molecular weight excluding hydrogens is 366 g/mol. The maximum atomic E-state index is 12.4. The van der Waals surface area contributed by atoms with Gasteiger partial charge in [0.25, 0.3) is 5.91 Å². The molecule has 128 valence electrons. The Morgan fingerprint density at radius 3 is 2.46 bits per heavy atom. The topological polar surface area (TPSA) is 37.4 Å². The highest BCUT2D eigenvalue weighted by atomic mass is 79.9. The van der Waals surface area contributed by atoms with Gasteiger partial charge in [0.05, 0.1) is 0 Å². The van der Waals surface area contributed by atoms with Crippen molar-refractivity contribution in [2.45, 2.75) is 33.6 Å². The Morgan fingerprint density at radius 2 is 1.83 bits per heavy atom. The molecule has 2 aromatic rings. The van der Waals surface area contributed by atoms with Crippen LogP contribution in [0.5, 0.6) is 0 Å². The third-order valence-corrected chi connectivity index (χ3v) is 4.01. The summed E-state index contributed by atoms with van der Waals surface area (Å²) in [6, 6.07) is 15.4. The molecule has 2 aromatic carbocycles. The zero-order chi connectivity index (χ0) is 17.9. The van der Waals surface area contributed by atoms with E-state index in [1.165, 1.54) is 10.5 Å². The first-order valence-corrected chi connectivity index (χ1v) is 8.97. The van der Waals surface area contributed by atoms with E-state index in [0.717, 1.165) is 22.9 Å². The molecule has 0 bridgehead atoms. The third-order valence-electron chi connectivity index (χ3n) is 3.52. The van der Waals surface area contributed by atoms with E-state index >= 15 is 0 Å². The van der Waals surface area contributed by atoms with Crippen LogP contribution in [-0.2, 0) is 11.2 Å². The minimum absolute atomic E-state index is 0.234. The van der Waals surface area contributed by atoms with Crippen LogP contribution in [0.25, 0.3) is 0 Å². The summed E-state index contributed by atoms with van der Waals surface area (Å²) in [6.45, 7) is 6.29. The Labute approximate surface area is 152 Å². The molecule has 0 atom stereocenters. The van der Waals surface area contributed by atoms with Gasteiger partial charge in [0, 0.05) is 16.6 Å². The van der Waals surface area contributed by atoms with Gasteiger partial charge in [-0.15, -0.1) is 0 Å². The van der Waals surface area contributed by atoms with Crippen molar-refractivity contribution in [3.63, 3.8) is 0 Å². The van der Waals surface area contributed by atoms with E-state index in [2.05, 4.69) is 22.0 Å². The zero-order valence-electron chi connectivity index (χ0n) is 14.5. The van der Waals surface area contributed by atoms with Crippen LogP contribution >= 0.6 is 15.9 Å². The van der Waals surface area contributed by atoms with Crippen molar-refractivity contribution in [1.29, 1.82) is 0 Å². The van der Waals surface area contributed by atoms with Gasteiger partial charge in [-0.1, -0.05) is 60.1 Å². The Bertz CT molecular complexity index is 670. The number of amides is 2. The molecule has 0 spiro atoms. The second-order valence-electron chi connectivity index (χ2n) is 5.15. The molecule has 0 aliphatic rings. The van der Waals surface area contributed by atoms with Gasteiger partial charge in [-0.25, -0.2) is 0 Å². The zero-order valence-corrected chi connectivity index (χ0v) is 16.0. The Balaban J connectivity index is 0.00000139. The summed E-state index contributed by atoms with van der Waals surface area (Å²) < 4.78 is 1.04. The van der Waals surface area contributed by atoms with Crippen LogP contribution in [0, 0.1) is 6.92 Å². The molecule has 0 saturated heterocycles. The van der Waals surface area contributed by atoms with Crippen molar-refractivity contribution >= 4 is 28.2 Å². The smallest absolute Gasteiger partial charge is 0.260 e. The van der Waals surface area contributed by atoms with Crippen molar-refractivity contribution in [2.75, 3.05) is 6.54 Å². The summed E-state index contributed by atoms with van der Waals surface area (Å²) >= 11 is 3.44. The van der Waals surface area contributed by atoms with E-state index in [9.17, 15) is 9.59 Å². The van der Waals surface area contributed by atoms with E-state index in [1.54, 1.807) is 6.07 Å². The van der Waals surface area contributed by atoms with Gasteiger partial charge in [-0.05, 0) is 49.1 Å². The predicted molar refractivity (Wildman–Crippen MR) is 102 cm³/mol. The fourth-order valence-electron chi connectivity index (χ4n) is 2.32. The van der Waals surface area contributed by atoms with Crippen molar-refractivity contribution in [2.24, 2.45) is 0 Å². The van der Waals surface area contributed by atoms with Crippen molar-refractivity contribution in [1.82, 2.24) is 4.90 Å². The average molecular weight is 390 g/mol. The molecular formula is C20H24BrNO2. The number of nitrogens with zero attached hydrogens (tertiary/aromatic N) is 1. The number of carbonyl (C=O) groups is 2. The lowest BCUT2D eigenvalue weighted by Crippen LogP contribution is -2.31. The molecule has 0 unspecified atom stereocenters. The number of imide groups is 1. The lowest BCUT2D eigenvalue weighted by atomic mass is 10.1. The van der Waals surface area contributed by atoms with Gasteiger partial charge in [-0.3, -0.25) is 14.5 Å². The Kier molecular flexibility index (Phi) is 9.02. The molecule has 0 aromatic heterocycles. The lowest BCUT2D eigenvalue weighted by molar-refractivity contribution is -0.116. The number of hydrogen-bond acceptors (Lipinski definition) is 2. The molecule has 0 heterocycles. The van der Waals surface area contributed by atoms with E-state index in [0.29, 0.717) is 18.5 Å². The molecule has 3 nitrogen and oxygen atoms in total. The number of aryl methyl sites for hydroxylation is 2. The van der Waals surface area contributed by atoms with Gasteiger partial charge in [0.2, 0.25) is 6.41 Å². The molecule has 0 aliphatic carbocycles.